The SMILES string of the molecule is CC1CC(C(=O)O)c2ccc(O)cc2O1. The van der Waals surface area contributed by atoms with Gasteiger partial charge < -0.3 is 14.9 Å². The molecule has 4 heteroatoms. The van der Waals surface area contributed by atoms with E-state index in [1.54, 1.807) is 6.07 Å². The lowest BCUT2D eigenvalue weighted by atomic mass is 9.90. The molecule has 0 amide bonds. The molecule has 0 fully saturated rings. The fourth-order valence-electron chi connectivity index (χ4n) is 1.87. The van der Waals surface area contributed by atoms with Crippen LogP contribution in [-0.4, -0.2) is 22.3 Å². The minimum absolute atomic E-state index is 0.0898. The summed E-state index contributed by atoms with van der Waals surface area (Å²) in [4.78, 5) is 11.0. The monoisotopic (exact) mass is 208 g/mol. The molecule has 1 aliphatic rings. The first-order chi connectivity index (χ1) is 7.08. The lowest BCUT2D eigenvalue weighted by molar-refractivity contribution is -0.139. The maximum absolute atomic E-state index is 11.0. The van der Waals surface area contributed by atoms with Gasteiger partial charge in [0.15, 0.2) is 0 Å². The number of carbonyl (C=O) groups is 1. The second kappa shape index (κ2) is 3.46. The highest BCUT2D eigenvalue weighted by Crippen LogP contribution is 2.38. The largest absolute Gasteiger partial charge is 0.508 e. The number of aromatic hydroxyl groups is 1. The van der Waals surface area contributed by atoms with Crippen molar-refractivity contribution in [3.05, 3.63) is 23.8 Å². The molecule has 0 spiro atoms. The number of phenols is 1. The second-order valence-electron chi connectivity index (χ2n) is 3.78. The van der Waals surface area contributed by atoms with Crippen LogP contribution in [-0.2, 0) is 4.79 Å². The van der Waals surface area contributed by atoms with Gasteiger partial charge in [0.1, 0.15) is 11.5 Å². The van der Waals surface area contributed by atoms with Crippen molar-refractivity contribution in [1.29, 1.82) is 0 Å². The van der Waals surface area contributed by atoms with Crippen molar-refractivity contribution in [2.24, 2.45) is 0 Å². The average molecular weight is 208 g/mol. The predicted molar refractivity (Wildman–Crippen MR) is 53.2 cm³/mol. The van der Waals surface area contributed by atoms with E-state index in [1.165, 1.54) is 12.1 Å². The van der Waals surface area contributed by atoms with Gasteiger partial charge in [0.2, 0.25) is 0 Å². The summed E-state index contributed by atoms with van der Waals surface area (Å²) >= 11 is 0. The van der Waals surface area contributed by atoms with Gasteiger partial charge in [-0.25, -0.2) is 0 Å². The molecule has 0 aromatic heterocycles. The number of carboxylic acids is 1. The van der Waals surface area contributed by atoms with Crippen LogP contribution in [0.1, 0.15) is 24.8 Å². The van der Waals surface area contributed by atoms with Crippen LogP contribution in [0.15, 0.2) is 18.2 Å². The number of rotatable bonds is 1. The van der Waals surface area contributed by atoms with E-state index in [-0.39, 0.29) is 11.9 Å². The Labute approximate surface area is 87.1 Å². The Morgan fingerprint density at radius 1 is 1.53 bits per heavy atom. The third kappa shape index (κ3) is 1.75. The third-order valence-electron chi connectivity index (χ3n) is 2.57. The Hall–Kier alpha value is -1.71. The molecule has 1 aliphatic heterocycles. The average Bonchev–Trinajstić information content (AvgIpc) is 2.15. The first kappa shape index (κ1) is 9.83. The first-order valence-corrected chi connectivity index (χ1v) is 4.80. The van der Waals surface area contributed by atoms with E-state index in [0.717, 1.165) is 0 Å². The van der Waals surface area contributed by atoms with Crippen LogP contribution in [0.3, 0.4) is 0 Å². The summed E-state index contributed by atoms with van der Waals surface area (Å²) in [6.45, 7) is 1.82. The minimum Gasteiger partial charge on any atom is -0.508 e. The molecule has 0 saturated heterocycles. The smallest absolute Gasteiger partial charge is 0.311 e. The molecule has 80 valence electrons. The van der Waals surface area contributed by atoms with Crippen LogP contribution in [0.4, 0.5) is 0 Å². The summed E-state index contributed by atoms with van der Waals surface area (Å²) in [6, 6.07) is 4.55. The van der Waals surface area contributed by atoms with Gasteiger partial charge in [0.25, 0.3) is 0 Å². The Bertz CT molecular complexity index is 400. The van der Waals surface area contributed by atoms with E-state index in [1.807, 2.05) is 6.92 Å². The van der Waals surface area contributed by atoms with Crippen molar-refractivity contribution in [2.75, 3.05) is 0 Å². The summed E-state index contributed by atoms with van der Waals surface area (Å²) in [7, 11) is 0. The van der Waals surface area contributed by atoms with E-state index < -0.39 is 11.9 Å². The quantitative estimate of drug-likeness (QED) is 0.737. The van der Waals surface area contributed by atoms with E-state index in [9.17, 15) is 9.90 Å². The van der Waals surface area contributed by atoms with Crippen LogP contribution in [0.25, 0.3) is 0 Å². The van der Waals surface area contributed by atoms with Crippen molar-refractivity contribution in [3.8, 4) is 11.5 Å². The molecule has 15 heavy (non-hydrogen) atoms. The molecular formula is C11H12O4. The summed E-state index contributed by atoms with van der Waals surface area (Å²) in [5.74, 6) is -0.824. The second-order valence-corrected chi connectivity index (χ2v) is 3.78. The molecular weight excluding hydrogens is 196 g/mol. The molecule has 0 aliphatic carbocycles. The number of benzene rings is 1. The van der Waals surface area contributed by atoms with Gasteiger partial charge in [0.05, 0.1) is 12.0 Å². The fourth-order valence-corrected chi connectivity index (χ4v) is 1.87. The summed E-state index contributed by atoms with van der Waals surface area (Å²) in [5.41, 5.74) is 0.637. The normalized spacial score (nSPS) is 24.1. The number of aliphatic carboxylic acids is 1. The lowest BCUT2D eigenvalue weighted by Crippen LogP contribution is -2.27. The highest BCUT2D eigenvalue weighted by atomic mass is 16.5. The number of phenolic OH excluding ortho intramolecular Hbond substituents is 1. The zero-order valence-corrected chi connectivity index (χ0v) is 8.30. The van der Waals surface area contributed by atoms with Crippen LogP contribution in [0.2, 0.25) is 0 Å². The maximum atomic E-state index is 11.0. The van der Waals surface area contributed by atoms with Gasteiger partial charge in [-0.3, -0.25) is 4.79 Å². The molecule has 2 atom stereocenters. The summed E-state index contributed by atoms with van der Waals surface area (Å²) in [6.07, 6.45) is 0.327. The van der Waals surface area contributed by atoms with Crippen molar-refractivity contribution >= 4 is 5.97 Å². The number of fused-ring (bicyclic) bond motifs is 1. The number of ether oxygens (including phenoxy) is 1. The molecule has 4 nitrogen and oxygen atoms in total. The topological polar surface area (TPSA) is 66.8 Å². The van der Waals surface area contributed by atoms with Crippen molar-refractivity contribution in [3.63, 3.8) is 0 Å². The van der Waals surface area contributed by atoms with Crippen molar-refractivity contribution in [2.45, 2.75) is 25.4 Å². The Morgan fingerprint density at radius 2 is 2.27 bits per heavy atom. The zero-order valence-electron chi connectivity index (χ0n) is 8.30. The van der Waals surface area contributed by atoms with E-state index in [0.29, 0.717) is 17.7 Å². The van der Waals surface area contributed by atoms with Crippen LogP contribution in [0, 0.1) is 0 Å². The van der Waals surface area contributed by atoms with E-state index in [2.05, 4.69) is 0 Å². The molecule has 2 rings (SSSR count). The Balaban J connectivity index is 2.46. The molecule has 2 N–H and O–H groups in total. The molecule has 0 bridgehead atoms. The molecule has 1 aromatic carbocycles. The van der Waals surface area contributed by atoms with Gasteiger partial charge in [-0.1, -0.05) is 6.07 Å². The zero-order chi connectivity index (χ0) is 11.0. The Morgan fingerprint density at radius 3 is 2.93 bits per heavy atom. The van der Waals surface area contributed by atoms with Crippen molar-refractivity contribution < 1.29 is 19.7 Å². The van der Waals surface area contributed by atoms with Gasteiger partial charge in [-0.2, -0.15) is 0 Å². The predicted octanol–water partition coefficient (Wildman–Crippen LogP) is 1.73. The standard InChI is InChI=1S/C11H12O4/c1-6-4-9(11(13)14)8-3-2-7(12)5-10(8)15-6/h2-3,5-6,9,12H,4H2,1H3,(H,13,14). The van der Waals surface area contributed by atoms with E-state index in [4.69, 9.17) is 9.84 Å². The summed E-state index contributed by atoms with van der Waals surface area (Å²) in [5, 5.41) is 18.3. The minimum atomic E-state index is -0.850. The third-order valence-corrected chi connectivity index (χ3v) is 2.57. The highest BCUT2D eigenvalue weighted by Gasteiger charge is 2.31. The van der Waals surface area contributed by atoms with Crippen molar-refractivity contribution in [1.82, 2.24) is 0 Å². The van der Waals surface area contributed by atoms with E-state index >= 15 is 0 Å². The molecule has 0 saturated carbocycles. The number of carboxylic acid groups (broad SMARTS) is 1. The number of hydrogen-bond donors (Lipinski definition) is 2. The first-order valence-electron chi connectivity index (χ1n) is 4.80. The molecule has 2 unspecified atom stereocenters. The van der Waals surface area contributed by atoms with Crippen LogP contribution >= 0.6 is 0 Å². The fraction of sp³-hybridized carbons (Fsp3) is 0.364. The van der Waals surface area contributed by atoms with Gasteiger partial charge in [-0.05, 0) is 13.0 Å². The summed E-state index contributed by atoms with van der Waals surface area (Å²) < 4.78 is 5.47. The van der Waals surface area contributed by atoms with Crippen LogP contribution < -0.4 is 4.74 Å². The highest BCUT2D eigenvalue weighted by molar-refractivity contribution is 5.77. The molecule has 0 radical (unpaired) electrons. The molecule has 1 heterocycles. The van der Waals surface area contributed by atoms with Crippen LogP contribution in [0.5, 0.6) is 11.5 Å². The number of hydrogen-bond acceptors (Lipinski definition) is 3. The molecule has 1 aromatic rings. The maximum Gasteiger partial charge on any atom is 0.311 e. The lowest BCUT2D eigenvalue weighted by Gasteiger charge is -2.28. The van der Waals surface area contributed by atoms with Gasteiger partial charge in [0, 0.05) is 18.1 Å². The van der Waals surface area contributed by atoms with Gasteiger partial charge in [-0.15, -0.1) is 0 Å². The Kier molecular flexibility index (Phi) is 2.26. The van der Waals surface area contributed by atoms with Gasteiger partial charge >= 0.3 is 5.97 Å².